The molecule has 4 heteroatoms. The molecule has 2 rings (SSSR count). The Hall–Kier alpha value is -2.67. The van der Waals surface area contributed by atoms with Crippen molar-refractivity contribution in [3.63, 3.8) is 0 Å². The first-order chi connectivity index (χ1) is 9.83. The fourth-order valence-corrected chi connectivity index (χ4v) is 1.86. The van der Waals surface area contributed by atoms with Gasteiger partial charge in [0.1, 0.15) is 17.6 Å². The Morgan fingerprint density at radius 3 is 2.80 bits per heavy atom. The van der Waals surface area contributed by atoms with Gasteiger partial charge >= 0.3 is 0 Å². The fourth-order valence-electron chi connectivity index (χ4n) is 1.86. The van der Waals surface area contributed by atoms with Crippen LogP contribution in [0.4, 0.5) is 5.69 Å². The molecule has 0 saturated heterocycles. The number of ether oxygens (including phenoxy) is 2. The molecule has 0 bridgehead atoms. The lowest BCUT2D eigenvalue weighted by Crippen LogP contribution is -2.02. The summed E-state index contributed by atoms with van der Waals surface area (Å²) in [5, 5.41) is 11.8. The lowest BCUT2D eigenvalue weighted by molar-refractivity contribution is 0.368. The molecule has 1 N–H and O–H groups in total. The highest BCUT2D eigenvalue weighted by Crippen LogP contribution is 2.21. The Kier molecular flexibility index (Phi) is 4.85. The number of hydrogen-bond acceptors (Lipinski definition) is 4. The molecule has 0 spiro atoms. The van der Waals surface area contributed by atoms with Crippen LogP contribution in [0.15, 0.2) is 48.5 Å². The number of para-hydroxylation sites is 1. The molecule has 2 aromatic rings. The van der Waals surface area contributed by atoms with E-state index in [4.69, 9.17) is 14.7 Å². The van der Waals surface area contributed by atoms with E-state index in [-0.39, 0.29) is 6.61 Å². The molecular formula is C16H16N2O2. The third kappa shape index (κ3) is 3.66. The molecule has 102 valence electrons. The zero-order chi connectivity index (χ0) is 14.2. The minimum absolute atomic E-state index is 0.0515. The van der Waals surface area contributed by atoms with Gasteiger partial charge in [0.05, 0.1) is 7.11 Å². The van der Waals surface area contributed by atoms with Crippen LogP contribution in [0.5, 0.6) is 11.5 Å². The van der Waals surface area contributed by atoms with E-state index < -0.39 is 0 Å². The average molecular weight is 268 g/mol. The molecular weight excluding hydrogens is 252 g/mol. The molecule has 0 radical (unpaired) electrons. The van der Waals surface area contributed by atoms with E-state index in [9.17, 15) is 0 Å². The molecule has 0 heterocycles. The lowest BCUT2D eigenvalue weighted by atomic mass is 10.2. The van der Waals surface area contributed by atoms with E-state index in [1.54, 1.807) is 7.11 Å². The van der Waals surface area contributed by atoms with Gasteiger partial charge in [-0.1, -0.05) is 24.3 Å². The van der Waals surface area contributed by atoms with Crippen LogP contribution in [0.3, 0.4) is 0 Å². The van der Waals surface area contributed by atoms with Crippen molar-refractivity contribution in [2.75, 3.05) is 19.0 Å². The van der Waals surface area contributed by atoms with Crippen molar-refractivity contribution in [2.24, 2.45) is 0 Å². The van der Waals surface area contributed by atoms with E-state index >= 15 is 0 Å². The summed E-state index contributed by atoms with van der Waals surface area (Å²) in [4.78, 5) is 0. The molecule has 4 nitrogen and oxygen atoms in total. The molecule has 0 aliphatic carbocycles. The predicted octanol–water partition coefficient (Wildman–Crippen LogP) is 3.21. The number of rotatable bonds is 6. The Balaban J connectivity index is 2.02. The highest BCUT2D eigenvalue weighted by atomic mass is 16.5. The number of nitriles is 1. The van der Waals surface area contributed by atoms with Gasteiger partial charge in [-0.25, -0.2) is 0 Å². The summed E-state index contributed by atoms with van der Waals surface area (Å²) in [6.45, 7) is 0.710. The highest BCUT2D eigenvalue weighted by molar-refractivity contribution is 5.49. The predicted molar refractivity (Wildman–Crippen MR) is 77.9 cm³/mol. The summed E-state index contributed by atoms with van der Waals surface area (Å²) >= 11 is 0. The van der Waals surface area contributed by atoms with Crippen molar-refractivity contribution in [2.45, 2.75) is 6.54 Å². The molecule has 0 atom stereocenters. The van der Waals surface area contributed by atoms with Crippen molar-refractivity contribution in [1.82, 2.24) is 0 Å². The summed E-state index contributed by atoms with van der Waals surface area (Å²) in [5.41, 5.74) is 2.02. The van der Waals surface area contributed by atoms with E-state index in [1.165, 1.54) is 0 Å². The first-order valence-electron chi connectivity index (χ1n) is 6.29. The molecule has 2 aromatic carbocycles. The van der Waals surface area contributed by atoms with Gasteiger partial charge in [0.15, 0.2) is 6.61 Å². The van der Waals surface area contributed by atoms with Crippen LogP contribution in [-0.2, 0) is 6.54 Å². The Morgan fingerprint density at radius 2 is 2.00 bits per heavy atom. The molecule has 0 fully saturated rings. The number of nitrogens with zero attached hydrogens (tertiary/aromatic N) is 1. The quantitative estimate of drug-likeness (QED) is 0.874. The third-order valence-electron chi connectivity index (χ3n) is 2.81. The second-order valence-corrected chi connectivity index (χ2v) is 4.14. The van der Waals surface area contributed by atoms with Crippen LogP contribution >= 0.6 is 0 Å². The topological polar surface area (TPSA) is 54.3 Å². The molecule has 0 amide bonds. The Labute approximate surface area is 118 Å². The molecule has 0 aliphatic rings. The zero-order valence-electron chi connectivity index (χ0n) is 11.3. The van der Waals surface area contributed by atoms with Crippen molar-refractivity contribution in [3.05, 3.63) is 54.1 Å². The van der Waals surface area contributed by atoms with Gasteiger partial charge in [0.25, 0.3) is 0 Å². The first kappa shape index (κ1) is 13.8. The van der Waals surface area contributed by atoms with Crippen LogP contribution in [-0.4, -0.2) is 13.7 Å². The number of benzene rings is 2. The first-order valence-corrected chi connectivity index (χ1v) is 6.29. The zero-order valence-corrected chi connectivity index (χ0v) is 11.3. The van der Waals surface area contributed by atoms with Crippen molar-refractivity contribution >= 4 is 5.69 Å². The van der Waals surface area contributed by atoms with E-state index in [1.807, 2.05) is 54.6 Å². The maximum Gasteiger partial charge on any atom is 0.174 e. The standard InChI is InChI=1S/C16H16N2O2/c1-19-16-8-3-2-5-13(16)12-18-14-6-4-7-15(11-14)20-10-9-17/h2-8,11,18H,10,12H2,1H3. The van der Waals surface area contributed by atoms with Crippen molar-refractivity contribution in [1.29, 1.82) is 5.26 Å². The maximum absolute atomic E-state index is 8.50. The summed E-state index contributed by atoms with van der Waals surface area (Å²) < 4.78 is 10.6. The van der Waals surface area contributed by atoms with Gasteiger partial charge in [-0.3, -0.25) is 0 Å². The van der Waals surface area contributed by atoms with E-state index in [0.29, 0.717) is 12.3 Å². The third-order valence-corrected chi connectivity index (χ3v) is 2.81. The van der Waals surface area contributed by atoms with Crippen molar-refractivity contribution in [3.8, 4) is 17.6 Å². The molecule has 0 aromatic heterocycles. The monoisotopic (exact) mass is 268 g/mol. The number of methoxy groups -OCH3 is 1. The van der Waals surface area contributed by atoms with Gasteiger partial charge in [-0.05, 0) is 18.2 Å². The Bertz CT molecular complexity index is 605. The van der Waals surface area contributed by atoms with Crippen LogP contribution in [0.25, 0.3) is 0 Å². The largest absolute Gasteiger partial charge is 0.496 e. The summed E-state index contributed by atoms with van der Waals surface area (Å²) in [5.74, 6) is 1.54. The van der Waals surface area contributed by atoms with Gasteiger partial charge < -0.3 is 14.8 Å². The van der Waals surface area contributed by atoms with Crippen LogP contribution in [0, 0.1) is 11.3 Å². The normalized spacial score (nSPS) is 9.60. The highest BCUT2D eigenvalue weighted by Gasteiger charge is 2.02. The van der Waals surface area contributed by atoms with Gasteiger partial charge in [-0.2, -0.15) is 5.26 Å². The van der Waals surface area contributed by atoms with E-state index in [2.05, 4.69) is 5.32 Å². The van der Waals surface area contributed by atoms with Crippen LogP contribution in [0.2, 0.25) is 0 Å². The SMILES string of the molecule is COc1ccccc1CNc1cccc(OCC#N)c1. The summed E-state index contributed by atoms with van der Waals surface area (Å²) in [6.07, 6.45) is 0. The lowest BCUT2D eigenvalue weighted by Gasteiger charge is -2.11. The summed E-state index contributed by atoms with van der Waals surface area (Å²) in [6, 6.07) is 17.4. The smallest absolute Gasteiger partial charge is 0.174 e. The second-order valence-electron chi connectivity index (χ2n) is 4.14. The van der Waals surface area contributed by atoms with Gasteiger partial charge in [0.2, 0.25) is 0 Å². The number of hydrogen-bond donors (Lipinski definition) is 1. The Morgan fingerprint density at radius 1 is 1.15 bits per heavy atom. The van der Waals surface area contributed by atoms with E-state index in [0.717, 1.165) is 17.0 Å². The molecule has 0 saturated carbocycles. The number of nitrogens with one attached hydrogen (secondary N) is 1. The fraction of sp³-hybridized carbons (Fsp3) is 0.188. The minimum Gasteiger partial charge on any atom is -0.496 e. The van der Waals surface area contributed by atoms with Crippen LogP contribution in [0.1, 0.15) is 5.56 Å². The van der Waals surface area contributed by atoms with Crippen LogP contribution < -0.4 is 14.8 Å². The summed E-state index contributed by atoms with van der Waals surface area (Å²) in [7, 11) is 1.66. The molecule has 0 unspecified atom stereocenters. The van der Waals surface area contributed by atoms with Crippen molar-refractivity contribution < 1.29 is 9.47 Å². The molecule has 0 aliphatic heterocycles. The second kappa shape index (κ2) is 7.05. The maximum atomic E-state index is 8.50. The minimum atomic E-state index is 0.0515. The molecule has 20 heavy (non-hydrogen) atoms. The number of anilines is 1. The van der Waals surface area contributed by atoms with Gasteiger partial charge in [0, 0.05) is 23.9 Å². The van der Waals surface area contributed by atoms with Gasteiger partial charge in [-0.15, -0.1) is 0 Å². The average Bonchev–Trinajstić information content (AvgIpc) is 2.51.